The molecule has 0 radical (unpaired) electrons. The highest BCUT2D eigenvalue weighted by molar-refractivity contribution is 5.85. The molecule has 1 atom stereocenters. The molecule has 1 rings (SSSR count). The van der Waals surface area contributed by atoms with E-state index in [1.165, 1.54) is 0 Å². The van der Waals surface area contributed by atoms with Crippen LogP contribution in [0.25, 0.3) is 0 Å². The second-order valence-corrected chi connectivity index (χ2v) is 3.24. The molecule has 0 bridgehead atoms. The van der Waals surface area contributed by atoms with Crippen LogP contribution in [0.4, 0.5) is 8.78 Å². The number of nitrogens with two attached hydrogens (primary N) is 1. The Balaban J connectivity index is 0.00000225. The predicted octanol–water partition coefficient (Wildman–Crippen LogP) is 3.16. The van der Waals surface area contributed by atoms with Crippen LogP contribution in [0.2, 0.25) is 0 Å². The summed E-state index contributed by atoms with van der Waals surface area (Å²) in [5.74, 6) is 0.666. The third kappa shape index (κ3) is 4.77. The fourth-order valence-electron chi connectivity index (χ4n) is 1.33. The number of ether oxygens (including phenoxy) is 1. The summed E-state index contributed by atoms with van der Waals surface area (Å²) in [5.41, 5.74) is 6.31. The minimum absolute atomic E-state index is 0. The highest BCUT2D eigenvalue weighted by Crippen LogP contribution is 2.22. The summed E-state index contributed by atoms with van der Waals surface area (Å²) in [6.07, 6.45) is -2.70. The lowest BCUT2D eigenvalue weighted by Gasteiger charge is -2.12. The van der Waals surface area contributed by atoms with Gasteiger partial charge in [0.25, 0.3) is 0 Å². The van der Waals surface area contributed by atoms with Gasteiger partial charge in [0.1, 0.15) is 5.75 Å². The van der Waals surface area contributed by atoms with E-state index in [2.05, 4.69) is 0 Å². The third-order valence-electron chi connectivity index (χ3n) is 2.03. The lowest BCUT2D eigenvalue weighted by molar-refractivity contribution is 0.128. The van der Waals surface area contributed by atoms with Gasteiger partial charge >= 0.3 is 0 Å². The van der Waals surface area contributed by atoms with Crippen LogP contribution in [-0.2, 0) is 0 Å². The molecule has 0 aromatic heterocycles. The van der Waals surface area contributed by atoms with Crippen LogP contribution in [0.15, 0.2) is 24.3 Å². The minimum atomic E-state index is -2.38. The topological polar surface area (TPSA) is 35.2 Å². The van der Waals surface area contributed by atoms with E-state index in [1.807, 2.05) is 6.92 Å². The molecule has 1 aromatic rings. The van der Waals surface area contributed by atoms with Crippen molar-refractivity contribution in [2.45, 2.75) is 25.8 Å². The normalized spacial score (nSPS) is 12.1. The maximum atomic E-state index is 12.1. The van der Waals surface area contributed by atoms with E-state index < -0.39 is 12.5 Å². The Kier molecular flexibility index (Phi) is 7.01. The Morgan fingerprint density at radius 1 is 1.38 bits per heavy atom. The Labute approximate surface area is 100 Å². The second kappa shape index (κ2) is 7.41. The monoisotopic (exact) mass is 251 g/mol. The summed E-state index contributed by atoms with van der Waals surface area (Å²) >= 11 is 0. The van der Waals surface area contributed by atoms with Crippen LogP contribution >= 0.6 is 12.4 Å². The van der Waals surface area contributed by atoms with Gasteiger partial charge in [-0.15, -0.1) is 12.4 Å². The molecule has 0 unspecified atom stereocenters. The van der Waals surface area contributed by atoms with Crippen LogP contribution in [0, 0.1) is 0 Å². The van der Waals surface area contributed by atoms with Crippen LogP contribution in [0.3, 0.4) is 0 Å². The first-order chi connectivity index (χ1) is 7.13. The molecule has 0 aliphatic carbocycles. The summed E-state index contributed by atoms with van der Waals surface area (Å²) in [6.45, 7) is 2.42. The molecule has 2 nitrogen and oxygen atoms in total. The summed E-state index contributed by atoms with van der Waals surface area (Å²) < 4.78 is 29.5. The van der Waals surface area contributed by atoms with Crippen molar-refractivity contribution < 1.29 is 13.5 Å². The number of rotatable bonds is 5. The smallest absolute Gasteiger partial charge is 0.240 e. The van der Waals surface area contributed by atoms with Gasteiger partial charge in [-0.25, -0.2) is 8.78 Å². The van der Waals surface area contributed by atoms with E-state index in [0.717, 1.165) is 0 Å². The highest BCUT2D eigenvalue weighted by Gasteiger charge is 2.13. The lowest BCUT2D eigenvalue weighted by atomic mass is 10.0. The minimum Gasteiger partial charge on any atom is -0.494 e. The average Bonchev–Trinajstić information content (AvgIpc) is 2.17. The molecule has 0 aliphatic rings. The Hall–Kier alpha value is -0.870. The van der Waals surface area contributed by atoms with Gasteiger partial charge in [0.05, 0.1) is 6.61 Å². The van der Waals surface area contributed by atoms with Crippen molar-refractivity contribution in [3.05, 3.63) is 29.8 Å². The summed E-state index contributed by atoms with van der Waals surface area (Å²) in [5, 5.41) is 0. The van der Waals surface area contributed by atoms with Crippen molar-refractivity contribution in [2.75, 3.05) is 6.61 Å². The van der Waals surface area contributed by atoms with Gasteiger partial charge in [0, 0.05) is 12.5 Å². The molecule has 0 heterocycles. The molecular formula is C11H16ClF2NO. The highest BCUT2D eigenvalue weighted by atomic mass is 35.5. The fourth-order valence-corrected chi connectivity index (χ4v) is 1.33. The standard InChI is InChI=1S/C11H15F2NO.ClH/c1-2-15-9-5-3-4-8(6-9)10(14)7-11(12)13;/h3-6,10-11H,2,7,14H2,1H3;1H/t10-;/m0./s1. The van der Waals surface area contributed by atoms with E-state index in [0.29, 0.717) is 17.9 Å². The van der Waals surface area contributed by atoms with Gasteiger partial charge in [-0.3, -0.25) is 0 Å². The first-order valence-electron chi connectivity index (χ1n) is 4.90. The van der Waals surface area contributed by atoms with E-state index in [4.69, 9.17) is 10.5 Å². The van der Waals surface area contributed by atoms with Crippen molar-refractivity contribution in [2.24, 2.45) is 5.73 Å². The Bertz CT molecular complexity index is 310. The van der Waals surface area contributed by atoms with E-state index in [9.17, 15) is 8.78 Å². The SMILES string of the molecule is CCOc1cccc([C@@H](N)CC(F)F)c1.Cl. The van der Waals surface area contributed by atoms with Crippen LogP contribution in [-0.4, -0.2) is 13.0 Å². The van der Waals surface area contributed by atoms with Gasteiger partial charge in [-0.2, -0.15) is 0 Å². The van der Waals surface area contributed by atoms with Gasteiger partial charge in [0.2, 0.25) is 6.43 Å². The predicted molar refractivity (Wildman–Crippen MR) is 62.4 cm³/mol. The van der Waals surface area contributed by atoms with Gasteiger partial charge in [-0.05, 0) is 24.6 Å². The molecule has 92 valence electrons. The third-order valence-corrected chi connectivity index (χ3v) is 2.03. The van der Waals surface area contributed by atoms with Gasteiger partial charge < -0.3 is 10.5 Å². The zero-order valence-electron chi connectivity index (χ0n) is 9.03. The zero-order valence-corrected chi connectivity index (χ0v) is 9.84. The van der Waals surface area contributed by atoms with Crippen molar-refractivity contribution >= 4 is 12.4 Å². The molecule has 2 N–H and O–H groups in total. The number of alkyl halides is 2. The summed E-state index contributed by atoms with van der Waals surface area (Å²) in [4.78, 5) is 0. The van der Waals surface area contributed by atoms with E-state index >= 15 is 0 Å². The maximum Gasteiger partial charge on any atom is 0.240 e. The van der Waals surface area contributed by atoms with Crippen LogP contribution < -0.4 is 10.5 Å². The van der Waals surface area contributed by atoms with Crippen molar-refractivity contribution in [3.63, 3.8) is 0 Å². The molecule has 16 heavy (non-hydrogen) atoms. The first-order valence-corrected chi connectivity index (χ1v) is 4.90. The van der Waals surface area contributed by atoms with Gasteiger partial charge in [-0.1, -0.05) is 12.1 Å². The Morgan fingerprint density at radius 3 is 2.62 bits per heavy atom. The molecular weight excluding hydrogens is 236 g/mol. The molecule has 0 fully saturated rings. The van der Waals surface area contributed by atoms with E-state index in [-0.39, 0.29) is 18.8 Å². The van der Waals surface area contributed by atoms with Crippen LogP contribution in [0.1, 0.15) is 24.9 Å². The summed E-state index contributed by atoms with van der Waals surface area (Å²) in [7, 11) is 0. The Morgan fingerprint density at radius 2 is 2.06 bits per heavy atom. The van der Waals surface area contributed by atoms with Crippen molar-refractivity contribution in [1.82, 2.24) is 0 Å². The molecule has 0 spiro atoms. The lowest BCUT2D eigenvalue weighted by Crippen LogP contribution is -2.14. The quantitative estimate of drug-likeness (QED) is 0.873. The number of hydrogen-bond donors (Lipinski definition) is 1. The van der Waals surface area contributed by atoms with Crippen LogP contribution in [0.5, 0.6) is 5.75 Å². The maximum absolute atomic E-state index is 12.1. The average molecular weight is 252 g/mol. The first kappa shape index (κ1) is 15.1. The van der Waals surface area contributed by atoms with Crippen molar-refractivity contribution in [1.29, 1.82) is 0 Å². The number of hydrogen-bond acceptors (Lipinski definition) is 2. The van der Waals surface area contributed by atoms with Crippen molar-refractivity contribution in [3.8, 4) is 5.75 Å². The summed E-state index contributed by atoms with van der Waals surface area (Å²) in [6, 6.07) is 6.34. The molecule has 5 heteroatoms. The fraction of sp³-hybridized carbons (Fsp3) is 0.455. The molecule has 0 aliphatic heterocycles. The molecule has 0 saturated heterocycles. The molecule has 0 saturated carbocycles. The number of benzene rings is 1. The largest absolute Gasteiger partial charge is 0.494 e. The van der Waals surface area contributed by atoms with E-state index in [1.54, 1.807) is 24.3 Å². The number of halogens is 3. The molecule has 0 amide bonds. The zero-order chi connectivity index (χ0) is 11.3. The second-order valence-electron chi connectivity index (χ2n) is 3.24. The van der Waals surface area contributed by atoms with Gasteiger partial charge in [0.15, 0.2) is 0 Å². The molecule has 1 aromatic carbocycles.